The molecule has 0 radical (unpaired) electrons. The first kappa shape index (κ1) is 11.6. The van der Waals surface area contributed by atoms with Gasteiger partial charge in [0.2, 0.25) is 0 Å². The Hall–Kier alpha value is -2.19. The Morgan fingerprint density at radius 1 is 1.00 bits per heavy atom. The van der Waals surface area contributed by atoms with Crippen molar-refractivity contribution in [2.24, 2.45) is 0 Å². The van der Waals surface area contributed by atoms with Crippen LogP contribution in [0.15, 0.2) is 48.7 Å². The fourth-order valence-corrected chi connectivity index (χ4v) is 3.28. The van der Waals surface area contributed by atoms with Gasteiger partial charge in [-0.05, 0) is 40.1 Å². The second-order valence-corrected chi connectivity index (χ2v) is 5.25. The summed E-state index contributed by atoms with van der Waals surface area (Å²) < 4.78 is 0. The zero-order chi connectivity index (χ0) is 13.5. The number of benzene rings is 2. The predicted molar refractivity (Wildman–Crippen MR) is 80.8 cm³/mol. The monoisotopic (exact) mass is 261 g/mol. The van der Waals surface area contributed by atoms with Gasteiger partial charge in [0.05, 0.1) is 5.69 Å². The van der Waals surface area contributed by atoms with E-state index in [0.29, 0.717) is 6.42 Å². The van der Waals surface area contributed by atoms with Crippen LogP contribution in [0.5, 0.6) is 0 Å². The quantitative estimate of drug-likeness (QED) is 0.600. The van der Waals surface area contributed by atoms with E-state index in [0.717, 1.165) is 12.1 Å². The number of nitrogens with zero attached hydrogens (tertiary/aromatic N) is 1. The largest absolute Gasteiger partial charge is 0.396 e. The van der Waals surface area contributed by atoms with Crippen LogP contribution in [-0.4, -0.2) is 16.7 Å². The van der Waals surface area contributed by atoms with E-state index < -0.39 is 0 Å². The topological polar surface area (TPSA) is 33.1 Å². The fraction of sp³-hybridized carbons (Fsp3) is 0.167. The Bertz CT molecular complexity index is 808. The zero-order valence-corrected chi connectivity index (χ0v) is 11.1. The van der Waals surface area contributed by atoms with Crippen molar-refractivity contribution in [3.05, 3.63) is 65.5 Å². The molecule has 0 unspecified atom stereocenters. The summed E-state index contributed by atoms with van der Waals surface area (Å²) in [6.07, 6.45) is 3.42. The molecule has 1 heterocycles. The van der Waals surface area contributed by atoms with Crippen molar-refractivity contribution in [3.63, 3.8) is 0 Å². The number of pyridine rings is 1. The lowest BCUT2D eigenvalue weighted by molar-refractivity contribution is 0.298. The maximum Gasteiger partial charge on any atom is 0.0507 e. The van der Waals surface area contributed by atoms with E-state index in [1.165, 1.54) is 33.0 Å². The molecule has 0 amide bonds. The van der Waals surface area contributed by atoms with E-state index in [9.17, 15) is 5.11 Å². The van der Waals surface area contributed by atoms with Gasteiger partial charge in [-0.1, -0.05) is 36.4 Å². The van der Waals surface area contributed by atoms with Crippen LogP contribution in [0.3, 0.4) is 0 Å². The van der Waals surface area contributed by atoms with Gasteiger partial charge in [-0.15, -0.1) is 0 Å². The highest BCUT2D eigenvalue weighted by atomic mass is 16.3. The summed E-state index contributed by atoms with van der Waals surface area (Å²) in [6.45, 7) is 0.142. The summed E-state index contributed by atoms with van der Waals surface area (Å²) >= 11 is 0. The number of rotatable bonds is 2. The van der Waals surface area contributed by atoms with Gasteiger partial charge in [-0.25, -0.2) is 0 Å². The number of aromatic nitrogens is 1. The van der Waals surface area contributed by atoms with Crippen molar-refractivity contribution in [2.75, 3.05) is 6.61 Å². The van der Waals surface area contributed by atoms with Crippen LogP contribution in [0.1, 0.15) is 16.8 Å². The fourth-order valence-electron chi connectivity index (χ4n) is 3.28. The summed E-state index contributed by atoms with van der Waals surface area (Å²) in [5, 5.41) is 11.7. The lowest BCUT2D eigenvalue weighted by Gasteiger charge is -2.09. The number of fused-ring (bicyclic) bond motifs is 5. The third kappa shape index (κ3) is 1.58. The normalized spacial score (nSPS) is 12.4. The molecule has 1 N–H and O–H groups in total. The molecule has 2 nitrogen and oxygen atoms in total. The van der Waals surface area contributed by atoms with Crippen molar-refractivity contribution in [1.82, 2.24) is 4.98 Å². The molecule has 20 heavy (non-hydrogen) atoms. The molecule has 2 aromatic carbocycles. The Morgan fingerprint density at radius 3 is 2.80 bits per heavy atom. The van der Waals surface area contributed by atoms with Crippen LogP contribution in [0.4, 0.5) is 0 Å². The molecule has 98 valence electrons. The standard InChI is InChI=1S/C18H15NO/c20-10-8-17-18-12(7-9-19-17)5-6-15-14-4-2-1-3-13(14)11-16(15)18/h1-7,9,20H,8,10-11H2. The molecule has 1 aliphatic carbocycles. The van der Waals surface area contributed by atoms with E-state index in [-0.39, 0.29) is 6.61 Å². The van der Waals surface area contributed by atoms with E-state index >= 15 is 0 Å². The van der Waals surface area contributed by atoms with Gasteiger partial charge < -0.3 is 5.11 Å². The number of aliphatic hydroxyl groups is 1. The van der Waals surface area contributed by atoms with E-state index in [2.05, 4.69) is 47.4 Å². The summed E-state index contributed by atoms with van der Waals surface area (Å²) in [6, 6.07) is 15.0. The van der Waals surface area contributed by atoms with E-state index in [4.69, 9.17) is 0 Å². The maximum absolute atomic E-state index is 9.26. The summed E-state index contributed by atoms with van der Waals surface area (Å²) in [5.41, 5.74) is 6.41. The lowest BCUT2D eigenvalue weighted by Crippen LogP contribution is -1.98. The SMILES string of the molecule is OCCc1nccc2ccc3c(c12)Cc1ccccc1-3. The van der Waals surface area contributed by atoms with Crippen molar-refractivity contribution in [1.29, 1.82) is 0 Å². The van der Waals surface area contributed by atoms with Crippen molar-refractivity contribution >= 4 is 10.8 Å². The molecule has 4 rings (SSSR count). The lowest BCUT2D eigenvalue weighted by atomic mass is 9.97. The minimum atomic E-state index is 0.142. The maximum atomic E-state index is 9.26. The van der Waals surface area contributed by atoms with Crippen LogP contribution in [0.2, 0.25) is 0 Å². The van der Waals surface area contributed by atoms with Crippen LogP contribution < -0.4 is 0 Å². The van der Waals surface area contributed by atoms with E-state index in [1.807, 2.05) is 6.20 Å². The molecule has 1 aromatic heterocycles. The average molecular weight is 261 g/mol. The predicted octanol–water partition coefficient (Wildman–Crippen LogP) is 3.34. The highest BCUT2D eigenvalue weighted by Crippen LogP contribution is 2.40. The number of hydrogen-bond acceptors (Lipinski definition) is 2. The molecule has 2 heteroatoms. The van der Waals surface area contributed by atoms with Crippen molar-refractivity contribution in [3.8, 4) is 11.1 Å². The molecule has 0 saturated carbocycles. The first-order valence-electron chi connectivity index (χ1n) is 6.97. The number of aliphatic hydroxyl groups excluding tert-OH is 1. The molecule has 0 atom stereocenters. The molecule has 0 aliphatic heterocycles. The van der Waals surface area contributed by atoms with Crippen LogP contribution in [0, 0.1) is 0 Å². The smallest absolute Gasteiger partial charge is 0.0507 e. The second kappa shape index (κ2) is 4.43. The zero-order valence-electron chi connectivity index (χ0n) is 11.1. The minimum Gasteiger partial charge on any atom is -0.396 e. The minimum absolute atomic E-state index is 0.142. The first-order valence-corrected chi connectivity index (χ1v) is 6.97. The van der Waals surface area contributed by atoms with Gasteiger partial charge in [-0.2, -0.15) is 0 Å². The summed E-state index contributed by atoms with van der Waals surface area (Å²) in [4.78, 5) is 4.48. The third-order valence-electron chi connectivity index (χ3n) is 4.14. The van der Waals surface area contributed by atoms with Crippen molar-refractivity contribution in [2.45, 2.75) is 12.8 Å². The molecular formula is C18H15NO. The van der Waals surface area contributed by atoms with Gasteiger partial charge in [0.15, 0.2) is 0 Å². The Balaban J connectivity index is 2.04. The molecular weight excluding hydrogens is 246 g/mol. The highest BCUT2D eigenvalue weighted by molar-refractivity contribution is 5.96. The van der Waals surface area contributed by atoms with Gasteiger partial charge in [0.1, 0.15) is 0 Å². The molecule has 0 spiro atoms. The second-order valence-electron chi connectivity index (χ2n) is 5.25. The number of hydrogen-bond donors (Lipinski definition) is 1. The van der Waals surface area contributed by atoms with Crippen LogP contribution >= 0.6 is 0 Å². The first-order chi connectivity index (χ1) is 9.88. The van der Waals surface area contributed by atoms with Crippen LogP contribution in [-0.2, 0) is 12.8 Å². The molecule has 0 saturated heterocycles. The van der Waals surface area contributed by atoms with Crippen LogP contribution in [0.25, 0.3) is 21.9 Å². The van der Waals surface area contributed by atoms with Gasteiger partial charge >= 0.3 is 0 Å². The summed E-state index contributed by atoms with van der Waals surface area (Å²) in [5.74, 6) is 0. The molecule has 3 aromatic rings. The van der Waals surface area contributed by atoms with Gasteiger partial charge in [-0.3, -0.25) is 4.98 Å². The third-order valence-corrected chi connectivity index (χ3v) is 4.14. The average Bonchev–Trinajstić information content (AvgIpc) is 2.86. The molecule has 0 fully saturated rings. The molecule has 1 aliphatic rings. The van der Waals surface area contributed by atoms with Gasteiger partial charge in [0, 0.05) is 24.6 Å². The molecule has 0 bridgehead atoms. The van der Waals surface area contributed by atoms with Crippen molar-refractivity contribution < 1.29 is 5.11 Å². The Kier molecular flexibility index (Phi) is 2.57. The van der Waals surface area contributed by atoms with Gasteiger partial charge in [0.25, 0.3) is 0 Å². The Labute approximate surface area is 117 Å². The van der Waals surface area contributed by atoms with E-state index in [1.54, 1.807) is 0 Å². The summed E-state index contributed by atoms with van der Waals surface area (Å²) in [7, 11) is 0. The Morgan fingerprint density at radius 2 is 1.90 bits per heavy atom. The highest BCUT2D eigenvalue weighted by Gasteiger charge is 2.21.